The molecule has 2 aromatic rings. The van der Waals surface area contributed by atoms with Crippen molar-refractivity contribution in [2.75, 3.05) is 20.2 Å². The molecule has 9 heteroatoms. The van der Waals surface area contributed by atoms with Crippen LogP contribution in [0.2, 0.25) is 0 Å². The number of carbonyl (C=O) groups excluding carboxylic acids is 1. The molecule has 0 saturated carbocycles. The minimum absolute atomic E-state index is 0. The van der Waals surface area contributed by atoms with Gasteiger partial charge in [0, 0.05) is 6.54 Å². The number of hydrogen-bond acceptors (Lipinski definition) is 6. The summed E-state index contributed by atoms with van der Waals surface area (Å²) in [5.41, 5.74) is -0.805. The number of halogens is 1. The molecule has 0 bridgehead atoms. The summed E-state index contributed by atoms with van der Waals surface area (Å²) in [7, 11) is 1.33. The smallest absolute Gasteiger partial charge is 0.341 e. The first kappa shape index (κ1) is 24.0. The first-order valence-corrected chi connectivity index (χ1v) is 8.76. The van der Waals surface area contributed by atoms with E-state index in [0.29, 0.717) is 35.3 Å². The van der Waals surface area contributed by atoms with Crippen molar-refractivity contribution in [1.29, 1.82) is 0 Å². The molecule has 0 aliphatic heterocycles. The van der Waals surface area contributed by atoms with Crippen LogP contribution in [0, 0.1) is 13.8 Å². The summed E-state index contributed by atoms with van der Waals surface area (Å²) >= 11 is 0. The zero-order valence-corrected chi connectivity index (χ0v) is 19.1. The van der Waals surface area contributed by atoms with Crippen LogP contribution in [0.15, 0.2) is 32.0 Å². The number of nitrogens with one attached hydrogen (secondary N) is 2. The van der Waals surface area contributed by atoms with Crippen LogP contribution in [0.4, 0.5) is 0 Å². The van der Waals surface area contributed by atoms with Crippen LogP contribution in [-0.2, 0) is 16.9 Å². The van der Waals surface area contributed by atoms with E-state index in [1.165, 1.54) is 7.11 Å². The summed E-state index contributed by atoms with van der Waals surface area (Å²) in [4.78, 5) is 16.1. The quantitative estimate of drug-likeness (QED) is 0.230. The standard InChI is InChI=1S/C19H27N3O5.HI/c1-6-20-18(22-11-19(4,24)16-8-7-12(2)26-16)21-10-14-9-15(13(3)27-14)17(23)25-5;/h7-9,24H,6,10-11H2,1-5H3,(H2,20,21,22);1H. The molecule has 0 aliphatic rings. The Morgan fingerprint density at radius 2 is 2.00 bits per heavy atom. The number of guanidine groups is 1. The van der Waals surface area contributed by atoms with Gasteiger partial charge in [-0.3, -0.25) is 0 Å². The zero-order valence-electron chi connectivity index (χ0n) is 16.8. The minimum atomic E-state index is -1.19. The maximum absolute atomic E-state index is 11.7. The fourth-order valence-corrected chi connectivity index (χ4v) is 2.50. The van der Waals surface area contributed by atoms with Gasteiger partial charge in [-0.25, -0.2) is 9.79 Å². The van der Waals surface area contributed by atoms with E-state index in [9.17, 15) is 9.90 Å². The molecule has 3 N–H and O–H groups in total. The largest absolute Gasteiger partial charge is 0.465 e. The number of esters is 1. The highest BCUT2D eigenvalue weighted by molar-refractivity contribution is 14.0. The molecule has 156 valence electrons. The number of ether oxygens (including phenoxy) is 1. The highest BCUT2D eigenvalue weighted by Gasteiger charge is 2.27. The Kier molecular flexibility index (Phi) is 9.02. The molecule has 2 rings (SSSR count). The van der Waals surface area contributed by atoms with Crippen molar-refractivity contribution in [3.8, 4) is 0 Å². The van der Waals surface area contributed by atoms with E-state index in [1.807, 2.05) is 13.8 Å². The lowest BCUT2D eigenvalue weighted by Crippen LogP contribution is -2.44. The van der Waals surface area contributed by atoms with Gasteiger partial charge in [0.2, 0.25) is 0 Å². The van der Waals surface area contributed by atoms with Crippen LogP contribution >= 0.6 is 24.0 Å². The molecule has 0 saturated heterocycles. The summed E-state index contributed by atoms with van der Waals surface area (Å²) < 4.78 is 15.8. The molecule has 0 spiro atoms. The fourth-order valence-electron chi connectivity index (χ4n) is 2.50. The third-order valence-electron chi connectivity index (χ3n) is 3.98. The number of hydrogen-bond donors (Lipinski definition) is 3. The van der Waals surface area contributed by atoms with Crippen molar-refractivity contribution >= 4 is 35.9 Å². The third-order valence-corrected chi connectivity index (χ3v) is 3.98. The van der Waals surface area contributed by atoms with Crippen LogP contribution in [-0.4, -0.2) is 37.2 Å². The van der Waals surface area contributed by atoms with Gasteiger partial charge < -0.3 is 29.3 Å². The van der Waals surface area contributed by atoms with Gasteiger partial charge in [-0.05, 0) is 45.9 Å². The van der Waals surface area contributed by atoms with Gasteiger partial charge in [-0.2, -0.15) is 0 Å². The molecule has 8 nitrogen and oxygen atoms in total. The fraction of sp³-hybridized carbons (Fsp3) is 0.474. The van der Waals surface area contributed by atoms with Gasteiger partial charge in [0.25, 0.3) is 0 Å². The van der Waals surface area contributed by atoms with Crippen molar-refractivity contribution in [3.05, 3.63) is 46.8 Å². The summed E-state index contributed by atoms with van der Waals surface area (Å²) in [6.07, 6.45) is 0. The van der Waals surface area contributed by atoms with Crippen LogP contribution in [0.1, 0.15) is 47.2 Å². The average molecular weight is 505 g/mol. The van der Waals surface area contributed by atoms with Crippen molar-refractivity contribution < 1.29 is 23.5 Å². The molecule has 0 fully saturated rings. The maximum atomic E-state index is 11.7. The number of nitrogens with zero attached hydrogens (tertiary/aromatic N) is 1. The Balaban J connectivity index is 0.00000392. The topological polar surface area (TPSA) is 109 Å². The Hall–Kier alpha value is -2.01. The number of aliphatic hydroxyl groups is 1. The van der Waals surface area contributed by atoms with Gasteiger partial charge in [-0.1, -0.05) is 0 Å². The van der Waals surface area contributed by atoms with Crippen LogP contribution in [0.3, 0.4) is 0 Å². The van der Waals surface area contributed by atoms with Gasteiger partial charge in [-0.15, -0.1) is 24.0 Å². The number of carbonyl (C=O) groups is 1. The summed E-state index contributed by atoms with van der Waals surface area (Å²) in [5.74, 6) is 2.31. The maximum Gasteiger partial charge on any atom is 0.341 e. The second-order valence-electron chi connectivity index (χ2n) is 6.41. The lowest BCUT2D eigenvalue weighted by molar-refractivity contribution is 0.0378. The molecule has 0 radical (unpaired) electrons. The number of aliphatic imine (C=N–C) groups is 1. The molecular formula is C19H28IN3O5. The summed E-state index contributed by atoms with van der Waals surface area (Å²) in [5, 5.41) is 16.8. The number of furan rings is 2. The monoisotopic (exact) mass is 505 g/mol. The van der Waals surface area contributed by atoms with Crippen LogP contribution in [0.25, 0.3) is 0 Å². The van der Waals surface area contributed by atoms with E-state index >= 15 is 0 Å². The van der Waals surface area contributed by atoms with E-state index < -0.39 is 11.6 Å². The highest BCUT2D eigenvalue weighted by atomic mass is 127. The Labute approximate surface area is 181 Å². The third kappa shape index (κ3) is 6.26. The summed E-state index contributed by atoms with van der Waals surface area (Å²) in [6.45, 7) is 8.22. The van der Waals surface area contributed by atoms with E-state index in [-0.39, 0.29) is 37.1 Å². The first-order valence-electron chi connectivity index (χ1n) is 8.76. The van der Waals surface area contributed by atoms with Gasteiger partial charge in [0.15, 0.2) is 5.96 Å². The first-order chi connectivity index (χ1) is 12.8. The highest BCUT2D eigenvalue weighted by Crippen LogP contribution is 2.22. The number of aryl methyl sites for hydroxylation is 2. The second-order valence-corrected chi connectivity index (χ2v) is 6.41. The molecule has 2 aromatic heterocycles. The molecule has 1 unspecified atom stereocenters. The molecule has 28 heavy (non-hydrogen) atoms. The van der Waals surface area contributed by atoms with Crippen LogP contribution < -0.4 is 10.6 Å². The minimum Gasteiger partial charge on any atom is -0.465 e. The zero-order chi connectivity index (χ0) is 20.0. The normalized spacial score (nSPS) is 13.4. The molecule has 0 aliphatic carbocycles. The van der Waals surface area contributed by atoms with E-state index in [4.69, 9.17) is 13.6 Å². The van der Waals surface area contributed by atoms with E-state index in [2.05, 4.69) is 15.6 Å². The number of rotatable bonds is 7. The Bertz CT molecular complexity index is 810. The summed E-state index contributed by atoms with van der Waals surface area (Å²) in [6, 6.07) is 5.18. The molecule has 1 atom stereocenters. The van der Waals surface area contributed by atoms with Crippen LogP contribution in [0.5, 0.6) is 0 Å². The van der Waals surface area contributed by atoms with E-state index in [0.717, 1.165) is 5.76 Å². The SMILES string of the molecule is CCNC(=NCc1cc(C(=O)OC)c(C)o1)NCC(C)(O)c1ccc(C)o1.I. The molecule has 0 amide bonds. The molecule has 0 aromatic carbocycles. The molecular weight excluding hydrogens is 477 g/mol. The van der Waals surface area contributed by atoms with E-state index in [1.54, 1.807) is 32.0 Å². The lowest BCUT2D eigenvalue weighted by Gasteiger charge is -2.22. The van der Waals surface area contributed by atoms with Crippen molar-refractivity contribution in [1.82, 2.24) is 10.6 Å². The Morgan fingerprint density at radius 1 is 1.29 bits per heavy atom. The predicted octanol–water partition coefficient (Wildman–Crippen LogP) is 2.86. The second kappa shape index (κ2) is 10.5. The van der Waals surface area contributed by atoms with Crippen molar-refractivity contribution in [2.24, 2.45) is 4.99 Å². The Morgan fingerprint density at radius 3 is 2.57 bits per heavy atom. The van der Waals surface area contributed by atoms with Crippen molar-refractivity contribution in [2.45, 2.75) is 39.8 Å². The number of methoxy groups -OCH3 is 1. The van der Waals surface area contributed by atoms with Gasteiger partial charge in [0.05, 0.1) is 13.7 Å². The van der Waals surface area contributed by atoms with Gasteiger partial charge >= 0.3 is 5.97 Å². The predicted molar refractivity (Wildman–Crippen MR) is 116 cm³/mol. The lowest BCUT2D eigenvalue weighted by atomic mass is 10.0. The molecule has 2 heterocycles. The average Bonchev–Trinajstić information content (AvgIpc) is 3.23. The van der Waals surface area contributed by atoms with Crippen molar-refractivity contribution in [3.63, 3.8) is 0 Å². The van der Waals surface area contributed by atoms with Gasteiger partial charge in [0.1, 0.15) is 40.8 Å².